The number of hydrogen-bond donors (Lipinski definition) is 1. The van der Waals surface area contributed by atoms with Crippen LogP contribution in [0.25, 0.3) is 0 Å². The summed E-state index contributed by atoms with van der Waals surface area (Å²) in [5.41, 5.74) is 0. The summed E-state index contributed by atoms with van der Waals surface area (Å²) in [5, 5.41) is 12.3. The molecule has 2 amide bonds. The average molecular weight is 506 g/mol. The number of carbonyl (C=O) groups is 2. The van der Waals surface area contributed by atoms with Crippen molar-refractivity contribution in [3.63, 3.8) is 0 Å². The number of nitrogens with one attached hydrogen (secondary N) is 1. The summed E-state index contributed by atoms with van der Waals surface area (Å²) in [6, 6.07) is 3.63. The SMILES string of the molecule is CCCCC1CCC(C(=O)N2CCN(c3nnc(SCC(=O)NCc4ccco4)s3)CC2)CC1. The maximum Gasteiger partial charge on any atom is 0.230 e. The third-order valence-electron chi connectivity index (χ3n) is 6.79. The number of unbranched alkanes of at least 4 members (excludes halogenated alkanes) is 1. The molecule has 10 heteroatoms. The van der Waals surface area contributed by atoms with Crippen LogP contribution in [0.3, 0.4) is 0 Å². The number of carbonyl (C=O) groups excluding carboxylic acids is 2. The topological polar surface area (TPSA) is 91.6 Å². The van der Waals surface area contributed by atoms with Gasteiger partial charge in [0.25, 0.3) is 0 Å². The van der Waals surface area contributed by atoms with Crippen LogP contribution in [0.4, 0.5) is 5.13 Å². The quantitative estimate of drug-likeness (QED) is 0.484. The Morgan fingerprint density at radius 3 is 2.68 bits per heavy atom. The first-order valence-corrected chi connectivity index (χ1v) is 14.2. The van der Waals surface area contributed by atoms with Gasteiger partial charge in [-0.2, -0.15) is 0 Å². The first-order valence-electron chi connectivity index (χ1n) is 12.4. The number of anilines is 1. The van der Waals surface area contributed by atoms with Gasteiger partial charge in [0.15, 0.2) is 4.34 Å². The third-order valence-corrected chi connectivity index (χ3v) is 8.90. The van der Waals surface area contributed by atoms with E-state index in [0.717, 1.165) is 60.2 Å². The van der Waals surface area contributed by atoms with Crippen molar-refractivity contribution >= 4 is 40.0 Å². The fourth-order valence-corrected chi connectivity index (χ4v) is 6.46. The number of rotatable bonds is 10. The first kappa shape index (κ1) is 25.0. The van der Waals surface area contributed by atoms with E-state index in [1.54, 1.807) is 12.3 Å². The van der Waals surface area contributed by atoms with Gasteiger partial charge >= 0.3 is 0 Å². The van der Waals surface area contributed by atoms with Gasteiger partial charge in [0, 0.05) is 32.1 Å². The van der Waals surface area contributed by atoms with Gasteiger partial charge in [0.05, 0.1) is 18.6 Å². The predicted molar refractivity (Wildman–Crippen MR) is 135 cm³/mol. The Morgan fingerprint density at radius 1 is 1.18 bits per heavy atom. The molecule has 8 nitrogen and oxygen atoms in total. The number of furan rings is 1. The highest BCUT2D eigenvalue weighted by Gasteiger charge is 2.31. The van der Waals surface area contributed by atoms with E-state index in [9.17, 15) is 9.59 Å². The molecular formula is C24H35N5O3S2. The Hall–Kier alpha value is -2.07. The minimum absolute atomic E-state index is 0.0651. The Labute approximate surface area is 209 Å². The zero-order chi connectivity index (χ0) is 23.8. The number of hydrogen-bond acceptors (Lipinski definition) is 8. The molecule has 186 valence electrons. The molecule has 2 aromatic rings. The average Bonchev–Trinajstić information content (AvgIpc) is 3.57. The second-order valence-corrected chi connectivity index (χ2v) is 11.3. The summed E-state index contributed by atoms with van der Waals surface area (Å²) in [6.07, 6.45) is 10.0. The van der Waals surface area contributed by atoms with Gasteiger partial charge in [-0.1, -0.05) is 49.3 Å². The largest absolute Gasteiger partial charge is 0.467 e. The van der Waals surface area contributed by atoms with Crippen molar-refractivity contribution in [2.24, 2.45) is 11.8 Å². The van der Waals surface area contributed by atoms with Crippen LogP contribution in [0.1, 0.15) is 57.6 Å². The molecule has 2 fully saturated rings. The molecule has 3 heterocycles. The molecule has 0 bridgehead atoms. The van der Waals surface area contributed by atoms with E-state index in [-0.39, 0.29) is 17.6 Å². The molecule has 34 heavy (non-hydrogen) atoms. The number of aromatic nitrogens is 2. The maximum absolute atomic E-state index is 13.0. The van der Waals surface area contributed by atoms with Crippen LogP contribution < -0.4 is 10.2 Å². The van der Waals surface area contributed by atoms with Crippen LogP contribution in [-0.4, -0.2) is 58.8 Å². The van der Waals surface area contributed by atoms with Crippen molar-refractivity contribution in [1.82, 2.24) is 20.4 Å². The predicted octanol–water partition coefficient (Wildman–Crippen LogP) is 4.18. The van der Waals surface area contributed by atoms with Crippen molar-refractivity contribution in [3.8, 4) is 0 Å². The summed E-state index contributed by atoms with van der Waals surface area (Å²) in [4.78, 5) is 29.3. The molecule has 0 unspecified atom stereocenters. The lowest BCUT2D eigenvalue weighted by Gasteiger charge is -2.37. The number of piperazine rings is 1. The zero-order valence-corrected chi connectivity index (χ0v) is 21.5. The summed E-state index contributed by atoms with van der Waals surface area (Å²) in [7, 11) is 0. The van der Waals surface area contributed by atoms with Gasteiger partial charge < -0.3 is 19.5 Å². The van der Waals surface area contributed by atoms with Gasteiger partial charge in [-0.15, -0.1) is 10.2 Å². The van der Waals surface area contributed by atoms with Crippen LogP contribution in [0.15, 0.2) is 27.2 Å². The number of nitrogens with zero attached hydrogens (tertiary/aromatic N) is 4. The van der Waals surface area contributed by atoms with Crippen molar-refractivity contribution in [2.45, 2.75) is 62.8 Å². The Balaban J connectivity index is 1.16. The summed E-state index contributed by atoms with van der Waals surface area (Å²) in [5.74, 6) is 2.35. The highest BCUT2D eigenvalue weighted by atomic mass is 32.2. The van der Waals surface area contributed by atoms with Gasteiger partial charge in [0.1, 0.15) is 5.76 Å². The first-order chi connectivity index (χ1) is 16.6. The van der Waals surface area contributed by atoms with Crippen LogP contribution in [0.2, 0.25) is 0 Å². The van der Waals surface area contributed by atoms with E-state index in [1.807, 2.05) is 11.0 Å². The lowest BCUT2D eigenvalue weighted by molar-refractivity contribution is -0.137. The van der Waals surface area contributed by atoms with E-state index in [0.29, 0.717) is 12.5 Å². The lowest BCUT2D eigenvalue weighted by Crippen LogP contribution is -2.50. The molecule has 0 atom stereocenters. The number of thioether (sulfide) groups is 1. The van der Waals surface area contributed by atoms with E-state index < -0.39 is 0 Å². The Morgan fingerprint density at radius 2 is 1.97 bits per heavy atom. The monoisotopic (exact) mass is 505 g/mol. The van der Waals surface area contributed by atoms with Crippen LogP contribution in [0, 0.1) is 11.8 Å². The lowest BCUT2D eigenvalue weighted by atomic mass is 9.79. The standard InChI is InChI=1S/C24H35N5O3S2/c1-2-3-5-18-7-9-19(10-8-18)22(31)28-11-13-29(14-12-28)23-26-27-24(34-23)33-17-21(30)25-16-20-6-4-15-32-20/h4,6,15,18-19H,2-3,5,7-14,16-17H2,1H3,(H,25,30). The van der Waals surface area contributed by atoms with Gasteiger partial charge in [-0.05, 0) is 43.7 Å². The van der Waals surface area contributed by atoms with Crippen molar-refractivity contribution in [3.05, 3.63) is 24.2 Å². The highest BCUT2D eigenvalue weighted by Crippen LogP contribution is 2.33. The summed E-state index contributed by atoms with van der Waals surface area (Å²) >= 11 is 2.90. The molecule has 1 N–H and O–H groups in total. The summed E-state index contributed by atoms with van der Waals surface area (Å²) in [6.45, 7) is 5.68. The molecule has 0 aromatic carbocycles. The Bertz CT molecular complexity index is 904. The van der Waals surface area contributed by atoms with Crippen molar-refractivity contribution in [1.29, 1.82) is 0 Å². The van der Waals surface area contributed by atoms with Crippen LogP contribution in [-0.2, 0) is 16.1 Å². The molecular weight excluding hydrogens is 470 g/mol. The van der Waals surface area contributed by atoms with E-state index >= 15 is 0 Å². The van der Waals surface area contributed by atoms with E-state index in [1.165, 1.54) is 55.2 Å². The fourth-order valence-electron chi connectivity index (χ4n) is 4.73. The second-order valence-electron chi connectivity index (χ2n) is 9.17. The second kappa shape index (κ2) is 12.6. The fraction of sp³-hybridized carbons (Fsp3) is 0.667. The van der Waals surface area contributed by atoms with Crippen molar-refractivity contribution < 1.29 is 14.0 Å². The zero-order valence-electron chi connectivity index (χ0n) is 19.9. The minimum Gasteiger partial charge on any atom is -0.467 e. The molecule has 0 spiro atoms. The molecule has 1 saturated carbocycles. The van der Waals surface area contributed by atoms with E-state index in [4.69, 9.17) is 4.42 Å². The molecule has 2 aliphatic rings. The van der Waals surface area contributed by atoms with Gasteiger partial charge in [0.2, 0.25) is 16.9 Å². The third kappa shape index (κ3) is 6.97. The molecule has 1 saturated heterocycles. The van der Waals surface area contributed by atoms with Gasteiger partial charge in [-0.25, -0.2) is 0 Å². The molecule has 2 aromatic heterocycles. The maximum atomic E-state index is 13.0. The van der Waals surface area contributed by atoms with E-state index in [2.05, 4.69) is 27.3 Å². The van der Waals surface area contributed by atoms with Crippen LogP contribution >= 0.6 is 23.1 Å². The normalized spacial score (nSPS) is 21.0. The molecule has 0 radical (unpaired) electrons. The number of amides is 2. The molecule has 1 aliphatic heterocycles. The summed E-state index contributed by atoms with van der Waals surface area (Å²) < 4.78 is 6.00. The minimum atomic E-state index is -0.0651. The smallest absolute Gasteiger partial charge is 0.230 e. The molecule has 4 rings (SSSR count). The highest BCUT2D eigenvalue weighted by molar-refractivity contribution is 8.01. The van der Waals surface area contributed by atoms with Crippen molar-refractivity contribution in [2.75, 3.05) is 36.8 Å². The van der Waals surface area contributed by atoms with Crippen LogP contribution in [0.5, 0.6) is 0 Å². The van der Waals surface area contributed by atoms with Gasteiger partial charge in [-0.3, -0.25) is 9.59 Å². The molecule has 1 aliphatic carbocycles. The Kier molecular flexibility index (Phi) is 9.26.